The third-order valence-electron chi connectivity index (χ3n) is 3.33. The molecule has 1 aliphatic heterocycles. The highest BCUT2D eigenvalue weighted by atomic mass is 15.3. The lowest BCUT2D eigenvalue weighted by Crippen LogP contribution is -2.52. The van der Waals surface area contributed by atoms with E-state index in [9.17, 15) is 0 Å². The maximum Gasteiger partial charge on any atom is 0.0195 e. The molecule has 1 unspecified atom stereocenters. The Hall–Kier alpha value is -0.120. The van der Waals surface area contributed by atoms with Crippen molar-refractivity contribution in [3.05, 3.63) is 0 Å². The molecular weight excluding hydrogens is 186 g/mol. The maximum atomic E-state index is 6.00. The first-order valence-corrected chi connectivity index (χ1v) is 6.17. The van der Waals surface area contributed by atoms with Crippen molar-refractivity contribution >= 4 is 0 Å². The Morgan fingerprint density at radius 1 is 1.33 bits per heavy atom. The zero-order chi connectivity index (χ0) is 11.5. The quantitative estimate of drug-likeness (QED) is 0.760. The highest BCUT2D eigenvalue weighted by molar-refractivity contribution is 4.81. The molecule has 3 nitrogen and oxygen atoms in total. The predicted molar refractivity (Wildman–Crippen MR) is 66.0 cm³/mol. The Morgan fingerprint density at radius 2 is 2.00 bits per heavy atom. The smallest absolute Gasteiger partial charge is 0.0195 e. The SMILES string of the molecule is CCN1CCN(CCC(C)(C)N)CC1C. The number of nitrogens with zero attached hydrogens (tertiary/aromatic N) is 2. The van der Waals surface area contributed by atoms with Crippen LogP contribution in [0.5, 0.6) is 0 Å². The molecule has 0 aromatic rings. The van der Waals surface area contributed by atoms with Gasteiger partial charge >= 0.3 is 0 Å². The molecule has 3 heteroatoms. The maximum absolute atomic E-state index is 6.00. The Balaban J connectivity index is 2.29. The lowest BCUT2D eigenvalue weighted by Gasteiger charge is -2.40. The summed E-state index contributed by atoms with van der Waals surface area (Å²) in [4.78, 5) is 5.09. The van der Waals surface area contributed by atoms with Crippen molar-refractivity contribution in [2.45, 2.75) is 45.7 Å². The molecule has 0 radical (unpaired) electrons. The van der Waals surface area contributed by atoms with E-state index >= 15 is 0 Å². The van der Waals surface area contributed by atoms with Crippen LogP contribution in [-0.2, 0) is 0 Å². The topological polar surface area (TPSA) is 32.5 Å². The molecule has 15 heavy (non-hydrogen) atoms. The second-order valence-electron chi connectivity index (χ2n) is 5.52. The molecule has 1 fully saturated rings. The summed E-state index contributed by atoms with van der Waals surface area (Å²) in [6.45, 7) is 14.7. The molecule has 0 aliphatic carbocycles. The average molecular weight is 213 g/mol. The molecule has 1 saturated heterocycles. The van der Waals surface area contributed by atoms with E-state index in [1.165, 1.54) is 26.2 Å². The zero-order valence-corrected chi connectivity index (χ0v) is 10.8. The van der Waals surface area contributed by atoms with Gasteiger partial charge in [0.25, 0.3) is 0 Å². The molecule has 0 bridgehead atoms. The summed E-state index contributed by atoms with van der Waals surface area (Å²) in [6.07, 6.45) is 1.09. The normalized spacial score (nSPS) is 25.8. The molecule has 1 rings (SSSR count). The molecule has 90 valence electrons. The molecule has 1 atom stereocenters. The molecule has 1 aliphatic rings. The first-order chi connectivity index (χ1) is 6.92. The number of nitrogens with two attached hydrogens (primary N) is 1. The summed E-state index contributed by atoms with van der Waals surface area (Å²) >= 11 is 0. The largest absolute Gasteiger partial charge is 0.326 e. The van der Waals surface area contributed by atoms with Crippen molar-refractivity contribution in [1.82, 2.24) is 9.80 Å². The standard InChI is InChI=1S/C12H27N3/c1-5-15-9-8-14(10-11(15)2)7-6-12(3,4)13/h11H,5-10,13H2,1-4H3. The first-order valence-electron chi connectivity index (χ1n) is 6.17. The van der Waals surface area contributed by atoms with Gasteiger partial charge in [0.1, 0.15) is 0 Å². The highest BCUT2D eigenvalue weighted by Gasteiger charge is 2.23. The summed E-state index contributed by atoms with van der Waals surface area (Å²) in [5, 5.41) is 0. The fourth-order valence-electron chi connectivity index (χ4n) is 2.19. The summed E-state index contributed by atoms with van der Waals surface area (Å²) in [5.41, 5.74) is 5.98. The van der Waals surface area contributed by atoms with Gasteiger partial charge in [-0.3, -0.25) is 4.90 Å². The first kappa shape index (κ1) is 12.9. The lowest BCUT2D eigenvalue weighted by molar-refractivity contribution is 0.0838. The molecule has 0 amide bonds. The summed E-state index contributed by atoms with van der Waals surface area (Å²) in [5.74, 6) is 0. The lowest BCUT2D eigenvalue weighted by atomic mass is 10.0. The highest BCUT2D eigenvalue weighted by Crippen LogP contribution is 2.11. The third kappa shape index (κ3) is 4.49. The van der Waals surface area contributed by atoms with Crippen molar-refractivity contribution < 1.29 is 0 Å². The van der Waals surface area contributed by atoms with Crippen molar-refractivity contribution in [3.63, 3.8) is 0 Å². The van der Waals surface area contributed by atoms with Gasteiger partial charge in [-0.05, 0) is 40.3 Å². The molecule has 2 N–H and O–H groups in total. The molecule has 0 saturated carbocycles. The fraction of sp³-hybridized carbons (Fsp3) is 1.00. The number of hydrogen-bond acceptors (Lipinski definition) is 3. The van der Waals surface area contributed by atoms with Gasteiger partial charge in [-0.1, -0.05) is 6.92 Å². The minimum Gasteiger partial charge on any atom is -0.326 e. The van der Waals surface area contributed by atoms with E-state index in [1.54, 1.807) is 0 Å². The number of piperazine rings is 1. The van der Waals surface area contributed by atoms with Gasteiger partial charge in [-0.15, -0.1) is 0 Å². The fourth-order valence-corrected chi connectivity index (χ4v) is 2.19. The van der Waals surface area contributed by atoms with Crippen LogP contribution in [0.4, 0.5) is 0 Å². The van der Waals surface area contributed by atoms with Gasteiger partial charge < -0.3 is 10.6 Å². The zero-order valence-electron chi connectivity index (χ0n) is 10.8. The third-order valence-corrected chi connectivity index (χ3v) is 3.33. The Bertz CT molecular complexity index is 186. The van der Waals surface area contributed by atoms with Gasteiger partial charge in [0.2, 0.25) is 0 Å². The Labute approximate surface area is 94.6 Å². The molecule has 0 aromatic heterocycles. The van der Waals surface area contributed by atoms with Crippen LogP contribution in [-0.4, -0.2) is 54.1 Å². The number of likely N-dealkylation sites (N-methyl/N-ethyl adjacent to an activating group) is 1. The van der Waals surface area contributed by atoms with Crippen LogP contribution < -0.4 is 5.73 Å². The van der Waals surface area contributed by atoms with Crippen LogP contribution in [0.3, 0.4) is 0 Å². The van der Waals surface area contributed by atoms with E-state index < -0.39 is 0 Å². The van der Waals surface area contributed by atoms with Gasteiger partial charge in [0.15, 0.2) is 0 Å². The van der Waals surface area contributed by atoms with Crippen molar-refractivity contribution in [2.75, 3.05) is 32.7 Å². The van der Waals surface area contributed by atoms with Gasteiger partial charge in [0, 0.05) is 31.2 Å². The van der Waals surface area contributed by atoms with Crippen LogP contribution in [0.1, 0.15) is 34.1 Å². The number of rotatable bonds is 4. The summed E-state index contributed by atoms with van der Waals surface area (Å²) in [6, 6.07) is 0.699. The van der Waals surface area contributed by atoms with E-state index in [1.807, 2.05) is 0 Å². The van der Waals surface area contributed by atoms with Crippen molar-refractivity contribution in [3.8, 4) is 0 Å². The Morgan fingerprint density at radius 3 is 2.47 bits per heavy atom. The minimum absolute atomic E-state index is 0.0227. The van der Waals surface area contributed by atoms with E-state index in [0.717, 1.165) is 13.0 Å². The van der Waals surface area contributed by atoms with Gasteiger partial charge in [-0.25, -0.2) is 0 Å². The minimum atomic E-state index is -0.0227. The number of hydrogen-bond donors (Lipinski definition) is 1. The Kier molecular flexibility index (Phi) is 4.56. The van der Waals surface area contributed by atoms with Crippen LogP contribution in [0, 0.1) is 0 Å². The van der Waals surface area contributed by atoms with Crippen LogP contribution in [0.2, 0.25) is 0 Å². The summed E-state index contributed by atoms with van der Waals surface area (Å²) < 4.78 is 0. The summed E-state index contributed by atoms with van der Waals surface area (Å²) in [7, 11) is 0. The van der Waals surface area contributed by atoms with E-state index in [4.69, 9.17) is 5.73 Å². The average Bonchev–Trinajstić information content (AvgIpc) is 2.14. The molecular formula is C12H27N3. The van der Waals surface area contributed by atoms with E-state index in [-0.39, 0.29) is 5.54 Å². The van der Waals surface area contributed by atoms with Crippen LogP contribution in [0.15, 0.2) is 0 Å². The van der Waals surface area contributed by atoms with E-state index in [0.29, 0.717) is 6.04 Å². The molecule has 1 heterocycles. The van der Waals surface area contributed by atoms with Crippen LogP contribution >= 0.6 is 0 Å². The van der Waals surface area contributed by atoms with Gasteiger partial charge in [-0.2, -0.15) is 0 Å². The van der Waals surface area contributed by atoms with Gasteiger partial charge in [0.05, 0.1) is 0 Å². The molecule has 0 spiro atoms. The molecule has 0 aromatic carbocycles. The monoisotopic (exact) mass is 213 g/mol. The predicted octanol–water partition coefficient (Wildman–Crippen LogP) is 1.14. The second-order valence-corrected chi connectivity index (χ2v) is 5.52. The van der Waals surface area contributed by atoms with Crippen molar-refractivity contribution in [2.24, 2.45) is 5.73 Å². The van der Waals surface area contributed by atoms with Crippen molar-refractivity contribution in [1.29, 1.82) is 0 Å². The van der Waals surface area contributed by atoms with Crippen LogP contribution in [0.25, 0.3) is 0 Å². The van der Waals surface area contributed by atoms with E-state index in [2.05, 4.69) is 37.5 Å². The second kappa shape index (κ2) is 5.28.